The van der Waals surface area contributed by atoms with Gasteiger partial charge in [-0.2, -0.15) is 0 Å². The van der Waals surface area contributed by atoms with Gasteiger partial charge >= 0.3 is 0 Å². The molecule has 0 bridgehead atoms. The van der Waals surface area contributed by atoms with Gasteiger partial charge in [-0.25, -0.2) is 0 Å². The molecule has 2 heterocycles. The summed E-state index contributed by atoms with van der Waals surface area (Å²) in [5, 5.41) is 6.64. The quantitative estimate of drug-likeness (QED) is 0.834. The van der Waals surface area contributed by atoms with E-state index in [-0.39, 0.29) is 18.3 Å². The van der Waals surface area contributed by atoms with Crippen molar-refractivity contribution in [3.05, 3.63) is 56.8 Å². The molecule has 1 aromatic carbocycles. The summed E-state index contributed by atoms with van der Waals surface area (Å²) in [6.45, 7) is 1.61. The largest absolute Gasteiger partial charge is 0.351 e. The molecule has 0 saturated carbocycles. The van der Waals surface area contributed by atoms with E-state index in [1.165, 1.54) is 45.7 Å². The third-order valence-corrected chi connectivity index (χ3v) is 6.38. The average Bonchev–Trinajstić information content (AvgIpc) is 3.19. The summed E-state index contributed by atoms with van der Waals surface area (Å²) in [5.41, 5.74) is 4.33. The summed E-state index contributed by atoms with van der Waals surface area (Å²) in [6.07, 6.45) is 6.27. The fraction of sp³-hybridized carbons (Fsp3) is 0.450. The molecule has 2 aliphatic rings. The zero-order valence-corrected chi connectivity index (χ0v) is 16.0. The van der Waals surface area contributed by atoms with Crippen LogP contribution in [0.4, 0.5) is 0 Å². The second kappa shape index (κ2) is 8.35. The Labute approximate surface area is 159 Å². The van der Waals surface area contributed by atoms with E-state index in [0.29, 0.717) is 19.0 Å². The fourth-order valence-electron chi connectivity index (χ4n) is 3.78. The Bertz CT molecular complexity index is 722. The lowest BCUT2D eigenvalue weighted by atomic mass is 9.93. The molecule has 1 aliphatic heterocycles. The van der Waals surface area contributed by atoms with Gasteiger partial charge in [0.25, 0.3) is 0 Å². The molecule has 0 saturated heterocycles. The van der Waals surface area contributed by atoms with Gasteiger partial charge in [0.1, 0.15) is 0 Å². The Balaban J connectivity index is 0.00000182. The zero-order valence-electron chi connectivity index (χ0n) is 14.3. The number of benzene rings is 1. The molecule has 2 N–H and O–H groups in total. The number of nitrogens with one attached hydrogen (secondary N) is 2. The molecule has 0 spiro atoms. The minimum atomic E-state index is 0. The van der Waals surface area contributed by atoms with E-state index in [2.05, 4.69) is 41.0 Å². The number of carbonyl (C=O) groups is 1. The molecule has 0 radical (unpaired) electrons. The Kier molecular flexibility index (Phi) is 6.15. The van der Waals surface area contributed by atoms with Crippen molar-refractivity contribution in [2.45, 2.75) is 57.7 Å². The average molecular weight is 377 g/mol. The van der Waals surface area contributed by atoms with Gasteiger partial charge in [0.15, 0.2) is 0 Å². The lowest BCUT2D eigenvalue weighted by Gasteiger charge is -2.26. The third-order valence-electron chi connectivity index (χ3n) is 5.14. The summed E-state index contributed by atoms with van der Waals surface area (Å²) in [7, 11) is 0. The molecule has 5 heteroatoms. The van der Waals surface area contributed by atoms with Crippen molar-refractivity contribution in [1.29, 1.82) is 0 Å². The van der Waals surface area contributed by atoms with Crippen LogP contribution in [0.3, 0.4) is 0 Å². The number of rotatable bonds is 5. The molecule has 1 aliphatic carbocycles. The Hall–Kier alpha value is -1.36. The highest BCUT2D eigenvalue weighted by molar-refractivity contribution is 7.12. The van der Waals surface area contributed by atoms with Gasteiger partial charge in [-0.15, -0.1) is 23.7 Å². The van der Waals surface area contributed by atoms with Crippen LogP contribution in [0.25, 0.3) is 0 Å². The molecule has 1 unspecified atom stereocenters. The highest BCUT2D eigenvalue weighted by Gasteiger charge is 2.19. The number of fused-ring (bicyclic) bond motifs is 2. The molecule has 1 atom stereocenters. The van der Waals surface area contributed by atoms with Crippen molar-refractivity contribution >= 4 is 29.7 Å². The van der Waals surface area contributed by atoms with Gasteiger partial charge in [0.05, 0.1) is 6.54 Å². The lowest BCUT2D eigenvalue weighted by Crippen LogP contribution is -2.36. The van der Waals surface area contributed by atoms with E-state index in [1.807, 2.05) is 11.3 Å². The van der Waals surface area contributed by atoms with Crippen LogP contribution < -0.4 is 10.6 Å². The maximum Gasteiger partial charge on any atom is 0.220 e. The van der Waals surface area contributed by atoms with E-state index in [0.717, 1.165) is 19.4 Å². The van der Waals surface area contributed by atoms with Crippen molar-refractivity contribution in [2.75, 3.05) is 0 Å². The maximum absolute atomic E-state index is 12.1. The van der Waals surface area contributed by atoms with Crippen LogP contribution in [0.15, 0.2) is 30.3 Å². The van der Waals surface area contributed by atoms with E-state index >= 15 is 0 Å². The highest BCUT2D eigenvalue weighted by Crippen LogP contribution is 2.30. The summed E-state index contributed by atoms with van der Waals surface area (Å²) in [5.74, 6) is 0.171. The summed E-state index contributed by atoms with van der Waals surface area (Å²) in [4.78, 5) is 15.0. The number of aryl methyl sites for hydroxylation is 2. The highest BCUT2D eigenvalue weighted by atomic mass is 35.5. The first-order chi connectivity index (χ1) is 11.8. The van der Waals surface area contributed by atoms with Gasteiger partial charge in [0, 0.05) is 28.8 Å². The van der Waals surface area contributed by atoms with E-state index in [4.69, 9.17) is 0 Å². The van der Waals surface area contributed by atoms with Gasteiger partial charge < -0.3 is 10.6 Å². The van der Waals surface area contributed by atoms with Crippen LogP contribution >= 0.6 is 23.7 Å². The summed E-state index contributed by atoms with van der Waals surface area (Å²) < 4.78 is 0. The number of halogens is 1. The number of hydrogen-bond acceptors (Lipinski definition) is 3. The van der Waals surface area contributed by atoms with Crippen molar-refractivity contribution in [3.63, 3.8) is 0 Å². The van der Waals surface area contributed by atoms with Crippen molar-refractivity contribution in [1.82, 2.24) is 10.6 Å². The first kappa shape index (κ1) is 18.4. The molecule has 1 aromatic heterocycles. The van der Waals surface area contributed by atoms with Crippen LogP contribution in [0.5, 0.6) is 0 Å². The normalized spacial score (nSPS) is 18.2. The third kappa shape index (κ3) is 4.43. The molecule has 134 valence electrons. The molecule has 0 fully saturated rings. The topological polar surface area (TPSA) is 41.1 Å². The van der Waals surface area contributed by atoms with E-state index in [1.54, 1.807) is 0 Å². The van der Waals surface area contributed by atoms with Crippen molar-refractivity contribution in [2.24, 2.45) is 0 Å². The molecular weight excluding hydrogens is 352 g/mol. The monoisotopic (exact) mass is 376 g/mol. The predicted octanol–water partition coefficient (Wildman–Crippen LogP) is 3.77. The van der Waals surface area contributed by atoms with Gasteiger partial charge in [-0.05, 0) is 54.9 Å². The second-order valence-corrected chi connectivity index (χ2v) is 8.10. The Morgan fingerprint density at radius 2 is 2.04 bits per heavy atom. The van der Waals surface area contributed by atoms with Crippen molar-refractivity contribution < 1.29 is 4.79 Å². The fourth-order valence-corrected chi connectivity index (χ4v) is 4.98. The van der Waals surface area contributed by atoms with Gasteiger partial charge in [-0.3, -0.25) is 4.79 Å². The van der Waals surface area contributed by atoms with Crippen LogP contribution in [0, 0.1) is 0 Å². The predicted molar refractivity (Wildman–Crippen MR) is 105 cm³/mol. The molecule has 25 heavy (non-hydrogen) atoms. The smallest absolute Gasteiger partial charge is 0.220 e. The zero-order chi connectivity index (χ0) is 16.4. The maximum atomic E-state index is 12.1. The molecule has 1 amide bonds. The Morgan fingerprint density at radius 1 is 1.20 bits per heavy atom. The van der Waals surface area contributed by atoms with Crippen LogP contribution in [0.1, 0.15) is 45.7 Å². The second-order valence-electron chi connectivity index (χ2n) is 6.88. The molecule has 3 nitrogen and oxygen atoms in total. The summed E-state index contributed by atoms with van der Waals surface area (Å²) >= 11 is 1.88. The number of thiophene rings is 1. The van der Waals surface area contributed by atoms with Crippen molar-refractivity contribution in [3.8, 4) is 0 Å². The number of amides is 1. The minimum Gasteiger partial charge on any atom is -0.351 e. The van der Waals surface area contributed by atoms with Gasteiger partial charge in [-0.1, -0.05) is 24.3 Å². The van der Waals surface area contributed by atoms with Crippen LogP contribution in [-0.2, 0) is 37.1 Å². The molecule has 2 aromatic rings. The van der Waals surface area contributed by atoms with E-state index < -0.39 is 0 Å². The lowest BCUT2D eigenvalue weighted by molar-refractivity contribution is -0.121. The Morgan fingerprint density at radius 3 is 2.88 bits per heavy atom. The van der Waals surface area contributed by atoms with Gasteiger partial charge in [0.2, 0.25) is 5.91 Å². The minimum absolute atomic E-state index is 0. The van der Waals surface area contributed by atoms with E-state index in [9.17, 15) is 4.79 Å². The number of hydrogen-bond donors (Lipinski definition) is 2. The molecule has 4 rings (SSSR count). The van der Waals surface area contributed by atoms with Crippen LogP contribution in [-0.4, -0.2) is 11.9 Å². The first-order valence-electron chi connectivity index (χ1n) is 8.95. The summed E-state index contributed by atoms with van der Waals surface area (Å²) in [6, 6.07) is 11.3. The first-order valence-corrected chi connectivity index (χ1v) is 9.77. The standard InChI is InChI=1S/C20H24N2OS.ClH/c23-20(22-13-18-11-15-6-3-7-19(15)24-18)9-8-17-10-14-4-1-2-5-16(14)12-21-17;/h1-2,4-5,11,17,21H,3,6-10,12-13H2,(H,22,23);1H. The van der Waals surface area contributed by atoms with Crippen LogP contribution in [0.2, 0.25) is 0 Å². The number of carbonyl (C=O) groups excluding carboxylic acids is 1. The molecular formula is C20H25ClN2OS. The SMILES string of the molecule is Cl.O=C(CCC1Cc2ccccc2CN1)NCc1cc2c(s1)CCC2.